The van der Waals surface area contributed by atoms with Crippen LogP contribution in [-0.2, 0) is 4.79 Å². The van der Waals surface area contributed by atoms with Crippen molar-refractivity contribution in [3.8, 4) is 0 Å². The average molecular weight is 308 g/mol. The van der Waals surface area contributed by atoms with E-state index in [0.717, 1.165) is 31.6 Å². The van der Waals surface area contributed by atoms with Gasteiger partial charge in [-0.25, -0.2) is 0 Å². The molecule has 3 rings (SSSR count). The normalized spacial score (nSPS) is 17.6. The predicted molar refractivity (Wildman–Crippen MR) is 94.5 cm³/mol. The van der Waals surface area contributed by atoms with Gasteiger partial charge in [0.2, 0.25) is 5.91 Å². The van der Waals surface area contributed by atoms with Crippen LogP contribution in [0.3, 0.4) is 0 Å². The maximum absolute atomic E-state index is 12.4. The Balaban J connectivity index is 1.53. The van der Waals surface area contributed by atoms with Gasteiger partial charge in [0.05, 0.1) is 6.04 Å². The molecule has 1 heterocycles. The molecule has 1 saturated heterocycles. The van der Waals surface area contributed by atoms with Crippen molar-refractivity contribution in [1.29, 1.82) is 0 Å². The fourth-order valence-corrected chi connectivity index (χ4v) is 3.28. The van der Waals surface area contributed by atoms with Crippen LogP contribution >= 0.6 is 0 Å². The minimum Gasteiger partial charge on any atom is -0.325 e. The summed E-state index contributed by atoms with van der Waals surface area (Å²) in [5, 5.41) is 3.00. The fourth-order valence-electron chi connectivity index (χ4n) is 3.28. The van der Waals surface area contributed by atoms with Crippen LogP contribution in [0.2, 0.25) is 0 Å². The van der Waals surface area contributed by atoms with Crippen molar-refractivity contribution in [3.63, 3.8) is 0 Å². The number of hydrogen-bond acceptors (Lipinski definition) is 2. The van der Waals surface area contributed by atoms with Gasteiger partial charge in [-0.05, 0) is 56.5 Å². The molecule has 3 heteroatoms. The van der Waals surface area contributed by atoms with E-state index >= 15 is 0 Å². The number of para-hydroxylation sites is 1. The molecule has 120 valence electrons. The van der Waals surface area contributed by atoms with Crippen molar-refractivity contribution in [2.75, 3.05) is 18.4 Å². The largest absolute Gasteiger partial charge is 0.325 e. The highest BCUT2D eigenvalue weighted by molar-refractivity contribution is 5.94. The molecule has 0 aliphatic carbocycles. The summed E-state index contributed by atoms with van der Waals surface area (Å²) in [6, 6.07) is 20.3. The highest BCUT2D eigenvalue weighted by atomic mass is 16.2. The summed E-state index contributed by atoms with van der Waals surface area (Å²) in [6.07, 6.45) is 2.24. The molecule has 1 amide bonds. The minimum atomic E-state index is -0.0908. The zero-order valence-electron chi connectivity index (χ0n) is 13.6. The van der Waals surface area contributed by atoms with Crippen LogP contribution in [0, 0.1) is 0 Å². The van der Waals surface area contributed by atoms with Crippen molar-refractivity contribution in [1.82, 2.24) is 4.90 Å². The highest BCUT2D eigenvalue weighted by Gasteiger charge is 2.27. The van der Waals surface area contributed by atoms with Gasteiger partial charge >= 0.3 is 0 Å². The summed E-state index contributed by atoms with van der Waals surface area (Å²) in [5.74, 6) is 0.700. The standard InChI is InChI=1S/C20H24N2O/c1-16(20(23)21-19-10-6-3-7-11-19)22-14-12-18(13-15-22)17-8-4-2-5-9-17/h2-11,16,18H,12-15H2,1H3,(H,21,23)/t16-/m0/s1. The van der Waals surface area contributed by atoms with Gasteiger partial charge in [0.25, 0.3) is 0 Å². The van der Waals surface area contributed by atoms with Crippen molar-refractivity contribution in [2.45, 2.75) is 31.7 Å². The molecule has 1 fully saturated rings. The maximum atomic E-state index is 12.4. The van der Waals surface area contributed by atoms with Gasteiger partial charge in [0.1, 0.15) is 0 Å². The maximum Gasteiger partial charge on any atom is 0.241 e. The predicted octanol–water partition coefficient (Wildman–Crippen LogP) is 3.89. The van der Waals surface area contributed by atoms with Gasteiger partial charge in [-0.15, -0.1) is 0 Å². The van der Waals surface area contributed by atoms with E-state index in [1.165, 1.54) is 5.56 Å². The Morgan fingerprint density at radius 1 is 1.00 bits per heavy atom. The molecule has 2 aromatic rings. The van der Waals surface area contributed by atoms with E-state index in [9.17, 15) is 4.79 Å². The third-order valence-electron chi connectivity index (χ3n) is 4.77. The number of amides is 1. The Kier molecular flexibility index (Phi) is 5.09. The van der Waals surface area contributed by atoms with E-state index in [0.29, 0.717) is 5.92 Å². The number of carbonyl (C=O) groups excluding carboxylic acids is 1. The number of rotatable bonds is 4. The van der Waals surface area contributed by atoms with Crippen LogP contribution in [0.15, 0.2) is 60.7 Å². The van der Waals surface area contributed by atoms with Crippen LogP contribution in [0.4, 0.5) is 5.69 Å². The first-order valence-corrected chi connectivity index (χ1v) is 8.39. The highest BCUT2D eigenvalue weighted by Crippen LogP contribution is 2.28. The summed E-state index contributed by atoms with van der Waals surface area (Å²) in [7, 11) is 0. The first-order chi connectivity index (χ1) is 11.2. The lowest BCUT2D eigenvalue weighted by molar-refractivity contribution is -0.121. The number of piperidine rings is 1. The number of nitrogens with one attached hydrogen (secondary N) is 1. The Hall–Kier alpha value is -2.13. The second kappa shape index (κ2) is 7.42. The van der Waals surface area contributed by atoms with Gasteiger partial charge in [-0.2, -0.15) is 0 Å². The van der Waals surface area contributed by atoms with Gasteiger partial charge in [0.15, 0.2) is 0 Å². The van der Waals surface area contributed by atoms with E-state index in [1.807, 2.05) is 37.3 Å². The van der Waals surface area contributed by atoms with Crippen LogP contribution in [0.5, 0.6) is 0 Å². The van der Waals surface area contributed by atoms with Crippen molar-refractivity contribution in [2.24, 2.45) is 0 Å². The molecule has 0 bridgehead atoms. The van der Waals surface area contributed by atoms with E-state index in [1.54, 1.807) is 0 Å². The number of nitrogens with zero attached hydrogens (tertiary/aromatic N) is 1. The quantitative estimate of drug-likeness (QED) is 0.929. The third-order valence-corrected chi connectivity index (χ3v) is 4.77. The smallest absolute Gasteiger partial charge is 0.241 e. The lowest BCUT2D eigenvalue weighted by Crippen LogP contribution is -2.45. The van der Waals surface area contributed by atoms with Gasteiger partial charge < -0.3 is 5.32 Å². The molecule has 1 aliphatic rings. The second-order valence-electron chi connectivity index (χ2n) is 6.25. The van der Waals surface area contributed by atoms with Crippen molar-refractivity contribution in [3.05, 3.63) is 66.2 Å². The minimum absolute atomic E-state index is 0.0781. The molecule has 1 atom stereocenters. The zero-order chi connectivity index (χ0) is 16.1. The van der Waals surface area contributed by atoms with E-state index in [-0.39, 0.29) is 11.9 Å². The third kappa shape index (κ3) is 3.99. The monoisotopic (exact) mass is 308 g/mol. The number of benzene rings is 2. The van der Waals surface area contributed by atoms with Crippen LogP contribution in [0.1, 0.15) is 31.2 Å². The first-order valence-electron chi connectivity index (χ1n) is 8.39. The Morgan fingerprint density at radius 3 is 2.17 bits per heavy atom. The van der Waals surface area contributed by atoms with Gasteiger partial charge in [-0.1, -0.05) is 48.5 Å². The average Bonchev–Trinajstić information content (AvgIpc) is 2.63. The summed E-state index contributed by atoms with van der Waals surface area (Å²) >= 11 is 0. The van der Waals surface area contributed by atoms with Gasteiger partial charge in [-0.3, -0.25) is 9.69 Å². The van der Waals surface area contributed by atoms with Crippen LogP contribution in [0.25, 0.3) is 0 Å². The molecule has 0 saturated carbocycles. The summed E-state index contributed by atoms with van der Waals surface area (Å²) in [4.78, 5) is 14.7. The van der Waals surface area contributed by atoms with E-state index < -0.39 is 0 Å². The SMILES string of the molecule is C[C@@H](C(=O)Nc1ccccc1)N1CCC(c2ccccc2)CC1. The fraction of sp³-hybridized carbons (Fsp3) is 0.350. The van der Waals surface area contributed by atoms with E-state index in [4.69, 9.17) is 0 Å². The number of carbonyl (C=O) groups is 1. The number of likely N-dealkylation sites (tertiary alicyclic amines) is 1. The summed E-state index contributed by atoms with van der Waals surface area (Å²) in [6.45, 7) is 3.95. The van der Waals surface area contributed by atoms with Gasteiger partial charge in [0, 0.05) is 5.69 Å². The molecule has 0 radical (unpaired) electrons. The first kappa shape index (κ1) is 15.8. The molecule has 0 spiro atoms. The van der Waals surface area contributed by atoms with Crippen LogP contribution < -0.4 is 5.32 Å². The molecule has 0 aromatic heterocycles. The molecular formula is C20H24N2O. The molecular weight excluding hydrogens is 284 g/mol. The molecule has 2 aromatic carbocycles. The molecule has 23 heavy (non-hydrogen) atoms. The van der Waals surface area contributed by atoms with Crippen molar-refractivity contribution < 1.29 is 4.79 Å². The van der Waals surface area contributed by atoms with Crippen molar-refractivity contribution >= 4 is 11.6 Å². The molecule has 1 aliphatic heterocycles. The summed E-state index contributed by atoms with van der Waals surface area (Å²) < 4.78 is 0. The molecule has 3 nitrogen and oxygen atoms in total. The second-order valence-corrected chi connectivity index (χ2v) is 6.25. The lowest BCUT2D eigenvalue weighted by Gasteiger charge is -2.35. The lowest BCUT2D eigenvalue weighted by atomic mass is 9.89. The Morgan fingerprint density at radius 2 is 1.57 bits per heavy atom. The molecule has 0 unspecified atom stereocenters. The molecule has 1 N–H and O–H groups in total. The Bertz CT molecular complexity index is 619. The summed E-state index contributed by atoms with van der Waals surface area (Å²) in [5.41, 5.74) is 2.29. The topological polar surface area (TPSA) is 32.3 Å². The van der Waals surface area contributed by atoms with E-state index in [2.05, 4.69) is 40.5 Å². The van der Waals surface area contributed by atoms with Crippen LogP contribution in [-0.4, -0.2) is 29.9 Å². The number of hydrogen-bond donors (Lipinski definition) is 1. The zero-order valence-corrected chi connectivity index (χ0v) is 13.6. The number of anilines is 1. The Labute approximate surface area is 138 Å².